The minimum absolute atomic E-state index is 0.113. The number of aliphatic hydroxyl groups is 1. The Morgan fingerprint density at radius 2 is 2.00 bits per heavy atom. The van der Waals surface area contributed by atoms with Crippen molar-refractivity contribution in [2.24, 2.45) is 0 Å². The van der Waals surface area contributed by atoms with E-state index >= 15 is 0 Å². The molecule has 2 atom stereocenters. The largest absolute Gasteiger partial charge is 0.388 e. The maximum absolute atomic E-state index is 12.6. The Kier molecular flexibility index (Phi) is 4.43. The van der Waals surface area contributed by atoms with Gasteiger partial charge in [0.25, 0.3) is 0 Å². The molecule has 0 aromatic heterocycles. The number of rotatable bonds is 4. The number of carbonyl (C=O) groups excluding carboxylic acids is 1. The number of nitrogens with one attached hydrogen (secondary N) is 1. The Labute approximate surface area is 94.3 Å². The predicted molar refractivity (Wildman–Crippen MR) is 59.3 cm³/mol. The highest BCUT2D eigenvalue weighted by Gasteiger charge is 2.12. The Morgan fingerprint density at radius 3 is 2.50 bits per heavy atom. The molecule has 4 heteroatoms. The Hall–Kier alpha value is -1.42. The van der Waals surface area contributed by atoms with E-state index in [1.807, 2.05) is 6.92 Å². The van der Waals surface area contributed by atoms with E-state index in [9.17, 15) is 14.3 Å². The second kappa shape index (κ2) is 5.61. The molecule has 0 spiro atoms. The van der Waals surface area contributed by atoms with E-state index in [0.717, 1.165) is 0 Å². The average Bonchev–Trinajstić information content (AvgIpc) is 2.16. The molecule has 0 aliphatic heterocycles. The molecule has 0 aliphatic carbocycles. The third-order valence-corrected chi connectivity index (χ3v) is 2.28. The number of hydrogen-bond acceptors (Lipinski definition) is 2. The average molecular weight is 225 g/mol. The molecule has 0 fully saturated rings. The molecule has 1 amide bonds. The van der Waals surface area contributed by atoms with Gasteiger partial charge >= 0.3 is 0 Å². The van der Waals surface area contributed by atoms with Crippen molar-refractivity contribution in [3.63, 3.8) is 0 Å². The van der Waals surface area contributed by atoms with Crippen molar-refractivity contribution >= 4 is 5.91 Å². The van der Waals surface area contributed by atoms with E-state index in [1.165, 1.54) is 19.1 Å². The summed E-state index contributed by atoms with van der Waals surface area (Å²) in [5.74, 6) is -0.454. The van der Waals surface area contributed by atoms with Gasteiger partial charge in [-0.3, -0.25) is 4.79 Å². The molecule has 1 aromatic carbocycles. The lowest BCUT2D eigenvalue weighted by molar-refractivity contribution is -0.119. The van der Waals surface area contributed by atoms with Crippen molar-refractivity contribution < 1.29 is 14.3 Å². The Balaban J connectivity index is 2.54. The molecule has 2 N–H and O–H groups in total. The number of carbonyl (C=O) groups is 1. The van der Waals surface area contributed by atoms with Gasteiger partial charge in [0, 0.05) is 13.0 Å². The van der Waals surface area contributed by atoms with Gasteiger partial charge < -0.3 is 10.4 Å². The van der Waals surface area contributed by atoms with Gasteiger partial charge in [-0.1, -0.05) is 12.1 Å². The molecule has 0 heterocycles. The molecule has 1 rings (SSSR count). The van der Waals surface area contributed by atoms with E-state index in [-0.39, 0.29) is 17.8 Å². The SMILES string of the molecule is CC(=O)NC(C)CC(O)c1ccc(F)cc1. The summed E-state index contributed by atoms with van der Waals surface area (Å²) in [6.07, 6.45) is -0.284. The third kappa shape index (κ3) is 3.98. The first-order valence-corrected chi connectivity index (χ1v) is 5.19. The van der Waals surface area contributed by atoms with E-state index in [2.05, 4.69) is 5.32 Å². The van der Waals surface area contributed by atoms with Crippen LogP contribution in [0, 0.1) is 5.82 Å². The summed E-state index contributed by atoms with van der Waals surface area (Å²) in [7, 11) is 0. The second-order valence-electron chi connectivity index (χ2n) is 3.90. The summed E-state index contributed by atoms with van der Waals surface area (Å²) in [5, 5.41) is 12.5. The van der Waals surface area contributed by atoms with Crippen molar-refractivity contribution in [3.8, 4) is 0 Å². The molecule has 16 heavy (non-hydrogen) atoms. The topological polar surface area (TPSA) is 49.3 Å². The summed E-state index contributed by atoms with van der Waals surface area (Å²) in [4.78, 5) is 10.8. The van der Waals surface area contributed by atoms with Gasteiger partial charge in [0.1, 0.15) is 5.82 Å². The fourth-order valence-electron chi connectivity index (χ4n) is 1.56. The minimum atomic E-state index is -0.692. The van der Waals surface area contributed by atoms with Gasteiger partial charge in [-0.15, -0.1) is 0 Å². The van der Waals surface area contributed by atoms with Crippen LogP contribution in [-0.4, -0.2) is 17.1 Å². The lowest BCUT2D eigenvalue weighted by atomic mass is 10.0. The van der Waals surface area contributed by atoms with Gasteiger partial charge in [-0.25, -0.2) is 4.39 Å². The zero-order valence-corrected chi connectivity index (χ0v) is 9.40. The van der Waals surface area contributed by atoms with Crippen LogP contribution in [-0.2, 0) is 4.79 Å². The summed E-state index contributed by atoms with van der Waals surface area (Å²) >= 11 is 0. The molecule has 0 saturated heterocycles. The molecule has 88 valence electrons. The van der Waals surface area contributed by atoms with Gasteiger partial charge in [-0.05, 0) is 31.0 Å². The van der Waals surface area contributed by atoms with E-state index < -0.39 is 6.10 Å². The van der Waals surface area contributed by atoms with Gasteiger partial charge in [0.15, 0.2) is 0 Å². The normalized spacial score (nSPS) is 14.2. The minimum Gasteiger partial charge on any atom is -0.388 e. The Bertz CT molecular complexity index is 351. The van der Waals surface area contributed by atoms with Gasteiger partial charge in [-0.2, -0.15) is 0 Å². The van der Waals surface area contributed by atoms with Crippen LogP contribution < -0.4 is 5.32 Å². The lowest BCUT2D eigenvalue weighted by Gasteiger charge is -2.17. The maximum Gasteiger partial charge on any atom is 0.217 e. The summed E-state index contributed by atoms with van der Waals surface area (Å²) in [6, 6.07) is 5.59. The summed E-state index contributed by atoms with van der Waals surface area (Å²) in [6.45, 7) is 3.24. The molecule has 0 radical (unpaired) electrons. The van der Waals surface area contributed by atoms with Crippen molar-refractivity contribution in [1.29, 1.82) is 0 Å². The molecular formula is C12H16FNO2. The zero-order valence-electron chi connectivity index (χ0n) is 9.40. The van der Waals surface area contributed by atoms with E-state index in [4.69, 9.17) is 0 Å². The number of hydrogen-bond donors (Lipinski definition) is 2. The highest BCUT2D eigenvalue weighted by atomic mass is 19.1. The molecule has 0 bridgehead atoms. The molecule has 0 aliphatic rings. The van der Waals surface area contributed by atoms with E-state index in [1.54, 1.807) is 12.1 Å². The fourth-order valence-corrected chi connectivity index (χ4v) is 1.56. The zero-order chi connectivity index (χ0) is 12.1. The molecule has 3 nitrogen and oxygen atoms in total. The lowest BCUT2D eigenvalue weighted by Crippen LogP contribution is -2.31. The van der Waals surface area contributed by atoms with Crippen molar-refractivity contribution in [2.45, 2.75) is 32.4 Å². The molecular weight excluding hydrogens is 209 g/mol. The van der Waals surface area contributed by atoms with Gasteiger partial charge in [0.05, 0.1) is 6.10 Å². The molecule has 1 aromatic rings. The van der Waals surface area contributed by atoms with E-state index in [0.29, 0.717) is 12.0 Å². The molecule has 2 unspecified atom stereocenters. The van der Waals surface area contributed by atoms with Crippen LogP contribution >= 0.6 is 0 Å². The van der Waals surface area contributed by atoms with Crippen LogP contribution in [0.2, 0.25) is 0 Å². The second-order valence-corrected chi connectivity index (χ2v) is 3.90. The highest BCUT2D eigenvalue weighted by Crippen LogP contribution is 2.18. The van der Waals surface area contributed by atoms with Crippen LogP contribution in [0.25, 0.3) is 0 Å². The maximum atomic E-state index is 12.6. The van der Waals surface area contributed by atoms with Crippen LogP contribution in [0.1, 0.15) is 31.9 Å². The van der Waals surface area contributed by atoms with Crippen molar-refractivity contribution in [1.82, 2.24) is 5.32 Å². The number of amides is 1. The Morgan fingerprint density at radius 1 is 1.44 bits per heavy atom. The van der Waals surface area contributed by atoms with Crippen molar-refractivity contribution in [3.05, 3.63) is 35.6 Å². The summed E-state index contributed by atoms with van der Waals surface area (Å²) < 4.78 is 12.6. The third-order valence-electron chi connectivity index (χ3n) is 2.28. The van der Waals surface area contributed by atoms with Crippen LogP contribution in [0.4, 0.5) is 4.39 Å². The highest BCUT2D eigenvalue weighted by molar-refractivity contribution is 5.73. The number of halogens is 1. The van der Waals surface area contributed by atoms with Crippen LogP contribution in [0.15, 0.2) is 24.3 Å². The monoisotopic (exact) mass is 225 g/mol. The first-order chi connectivity index (χ1) is 7.49. The standard InChI is InChI=1S/C12H16FNO2/c1-8(14-9(2)15)7-12(16)10-3-5-11(13)6-4-10/h3-6,8,12,16H,7H2,1-2H3,(H,14,15). The van der Waals surface area contributed by atoms with Crippen LogP contribution in [0.5, 0.6) is 0 Å². The predicted octanol–water partition coefficient (Wildman–Crippen LogP) is 1.77. The molecule has 0 saturated carbocycles. The first kappa shape index (κ1) is 12.6. The first-order valence-electron chi connectivity index (χ1n) is 5.19. The van der Waals surface area contributed by atoms with Crippen LogP contribution in [0.3, 0.4) is 0 Å². The quantitative estimate of drug-likeness (QED) is 0.820. The number of aliphatic hydroxyl groups excluding tert-OH is 1. The fraction of sp³-hybridized carbons (Fsp3) is 0.417. The van der Waals surface area contributed by atoms with Crippen molar-refractivity contribution in [2.75, 3.05) is 0 Å². The smallest absolute Gasteiger partial charge is 0.217 e. The summed E-state index contributed by atoms with van der Waals surface area (Å²) in [5.41, 5.74) is 0.651. The van der Waals surface area contributed by atoms with Gasteiger partial charge in [0.2, 0.25) is 5.91 Å². The number of benzene rings is 1.